The lowest BCUT2D eigenvalue weighted by atomic mass is 10.1. The predicted molar refractivity (Wildman–Crippen MR) is 130 cm³/mol. The molecule has 1 amide bonds. The molecule has 0 atom stereocenters. The Morgan fingerprint density at radius 2 is 1.42 bits per heavy atom. The summed E-state index contributed by atoms with van der Waals surface area (Å²) in [4.78, 5) is 17.6. The molecule has 0 unspecified atom stereocenters. The Morgan fingerprint density at radius 3 is 2.00 bits per heavy atom. The quantitative estimate of drug-likeness (QED) is 0.521. The van der Waals surface area contributed by atoms with Crippen LogP contribution in [0.2, 0.25) is 0 Å². The number of benzene rings is 3. The third kappa shape index (κ3) is 6.03. The van der Waals surface area contributed by atoms with E-state index in [1.165, 1.54) is 11.1 Å². The molecule has 1 N–H and O–H groups in total. The van der Waals surface area contributed by atoms with E-state index >= 15 is 0 Å². The van der Waals surface area contributed by atoms with Crippen LogP contribution >= 0.6 is 15.9 Å². The van der Waals surface area contributed by atoms with E-state index < -0.39 is 0 Å². The van der Waals surface area contributed by atoms with Crippen LogP contribution in [-0.4, -0.2) is 41.9 Å². The zero-order valence-corrected chi connectivity index (χ0v) is 19.4. The molecule has 160 valence electrons. The fourth-order valence-electron chi connectivity index (χ4n) is 3.89. The van der Waals surface area contributed by atoms with E-state index in [0.29, 0.717) is 5.56 Å². The molecule has 1 heterocycles. The number of piperazine rings is 1. The van der Waals surface area contributed by atoms with Gasteiger partial charge in [0.1, 0.15) is 0 Å². The molecule has 0 spiro atoms. The number of carbonyl (C=O) groups is 1. The first-order valence-electron chi connectivity index (χ1n) is 10.7. The Bertz CT molecular complexity index is 1010. The molecule has 0 bridgehead atoms. The van der Waals surface area contributed by atoms with E-state index in [4.69, 9.17) is 0 Å². The first-order valence-corrected chi connectivity index (χ1v) is 11.5. The molecule has 0 aliphatic carbocycles. The smallest absolute Gasteiger partial charge is 0.255 e. The second-order valence-corrected chi connectivity index (χ2v) is 9.01. The van der Waals surface area contributed by atoms with Crippen LogP contribution in [0.3, 0.4) is 0 Å². The number of hydrogen-bond acceptors (Lipinski definition) is 3. The zero-order valence-electron chi connectivity index (χ0n) is 17.9. The Kier molecular flexibility index (Phi) is 7.17. The maximum Gasteiger partial charge on any atom is 0.255 e. The van der Waals surface area contributed by atoms with Gasteiger partial charge in [-0.15, -0.1) is 0 Å². The maximum atomic E-state index is 12.6. The number of nitrogens with zero attached hydrogens (tertiary/aromatic N) is 2. The second-order valence-electron chi connectivity index (χ2n) is 8.15. The SMILES string of the molecule is Cc1cc(NC(=O)c2ccc(CN3CCN(Cc4ccccc4)CC3)cc2)ccc1Br. The van der Waals surface area contributed by atoms with Gasteiger partial charge in [-0.3, -0.25) is 14.6 Å². The van der Waals surface area contributed by atoms with Gasteiger partial charge >= 0.3 is 0 Å². The van der Waals surface area contributed by atoms with Crippen molar-refractivity contribution in [1.82, 2.24) is 9.80 Å². The third-order valence-corrected chi connectivity index (χ3v) is 6.64. The normalized spacial score (nSPS) is 15.0. The number of rotatable bonds is 6. The summed E-state index contributed by atoms with van der Waals surface area (Å²) < 4.78 is 1.04. The minimum atomic E-state index is -0.0807. The fraction of sp³-hybridized carbons (Fsp3) is 0.269. The lowest BCUT2D eigenvalue weighted by Crippen LogP contribution is -2.45. The highest BCUT2D eigenvalue weighted by Crippen LogP contribution is 2.21. The van der Waals surface area contributed by atoms with Gasteiger partial charge in [0.25, 0.3) is 5.91 Å². The van der Waals surface area contributed by atoms with E-state index in [2.05, 4.69) is 73.5 Å². The molecule has 3 aromatic carbocycles. The van der Waals surface area contributed by atoms with Gasteiger partial charge in [-0.2, -0.15) is 0 Å². The Labute approximate surface area is 193 Å². The van der Waals surface area contributed by atoms with Crippen molar-refractivity contribution >= 4 is 27.5 Å². The molecule has 0 aromatic heterocycles. The molecule has 1 aliphatic heterocycles. The molecule has 1 saturated heterocycles. The molecule has 4 nitrogen and oxygen atoms in total. The highest BCUT2D eigenvalue weighted by atomic mass is 79.9. The lowest BCUT2D eigenvalue weighted by Gasteiger charge is -2.34. The number of amides is 1. The number of nitrogens with one attached hydrogen (secondary N) is 1. The van der Waals surface area contributed by atoms with Crippen molar-refractivity contribution < 1.29 is 4.79 Å². The topological polar surface area (TPSA) is 35.6 Å². The Balaban J connectivity index is 1.27. The van der Waals surface area contributed by atoms with Crippen LogP contribution < -0.4 is 5.32 Å². The van der Waals surface area contributed by atoms with Crippen molar-refractivity contribution in [2.45, 2.75) is 20.0 Å². The summed E-state index contributed by atoms with van der Waals surface area (Å²) in [7, 11) is 0. The summed E-state index contributed by atoms with van der Waals surface area (Å²) in [5.41, 5.74) is 5.20. The summed E-state index contributed by atoms with van der Waals surface area (Å²) >= 11 is 3.49. The van der Waals surface area contributed by atoms with E-state index in [1.807, 2.05) is 37.3 Å². The largest absolute Gasteiger partial charge is 0.322 e. The number of anilines is 1. The van der Waals surface area contributed by atoms with Crippen LogP contribution in [-0.2, 0) is 13.1 Å². The number of hydrogen-bond donors (Lipinski definition) is 1. The number of halogens is 1. The van der Waals surface area contributed by atoms with E-state index in [0.717, 1.165) is 55.0 Å². The Morgan fingerprint density at radius 1 is 0.839 bits per heavy atom. The molecule has 0 saturated carbocycles. The monoisotopic (exact) mass is 477 g/mol. The number of carbonyl (C=O) groups excluding carboxylic acids is 1. The van der Waals surface area contributed by atoms with Crippen molar-refractivity contribution in [1.29, 1.82) is 0 Å². The standard InChI is InChI=1S/C26H28BrN3O/c1-20-17-24(11-12-25(20)27)28-26(31)23-9-7-22(8-10-23)19-30-15-13-29(14-16-30)18-21-5-3-2-4-6-21/h2-12,17H,13-16,18-19H2,1H3,(H,28,31). The van der Waals surface area contributed by atoms with Gasteiger partial charge in [-0.1, -0.05) is 58.4 Å². The van der Waals surface area contributed by atoms with Crippen LogP contribution in [0.25, 0.3) is 0 Å². The molecule has 3 aromatic rings. The van der Waals surface area contributed by atoms with Gasteiger partial charge in [0.15, 0.2) is 0 Å². The van der Waals surface area contributed by atoms with Crippen molar-refractivity contribution in [3.8, 4) is 0 Å². The molecule has 1 aliphatic rings. The van der Waals surface area contributed by atoms with Crippen molar-refractivity contribution in [3.63, 3.8) is 0 Å². The molecule has 1 fully saturated rings. The van der Waals surface area contributed by atoms with Gasteiger partial charge in [0, 0.05) is 55.0 Å². The molecule has 5 heteroatoms. The van der Waals surface area contributed by atoms with Crippen molar-refractivity contribution in [3.05, 3.63) is 99.5 Å². The second kappa shape index (κ2) is 10.2. The summed E-state index contributed by atoms with van der Waals surface area (Å²) in [6, 6.07) is 24.5. The van der Waals surface area contributed by atoms with Gasteiger partial charge in [-0.05, 0) is 53.9 Å². The third-order valence-electron chi connectivity index (χ3n) is 5.75. The first kappa shape index (κ1) is 21.8. The van der Waals surface area contributed by atoms with Crippen molar-refractivity contribution in [2.24, 2.45) is 0 Å². The van der Waals surface area contributed by atoms with Crippen LogP contribution in [0, 0.1) is 6.92 Å². The van der Waals surface area contributed by atoms with Crippen LogP contribution in [0.4, 0.5) is 5.69 Å². The van der Waals surface area contributed by atoms with Gasteiger partial charge in [0.05, 0.1) is 0 Å². The highest BCUT2D eigenvalue weighted by Gasteiger charge is 2.17. The summed E-state index contributed by atoms with van der Waals surface area (Å²) in [6.45, 7) is 8.26. The minimum Gasteiger partial charge on any atom is -0.322 e. The summed E-state index contributed by atoms with van der Waals surface area (Å²) in [6.07, 6.45) is 0. The maximum absolute atomic E-state index is 12.6. The van der Waals surface area contributed by atoms with Crippen LogP contribution in [0.5, 0.6) is 0 Å². The fourth-order valence-corrected chi connectivity index (χ4v) is 4.14. The van der Waals surface area contributed by atoms with E-state index in [1.54, 1.807) is 0 Å². The highest BCUT2D eigenvalue weighted by molar-refractivity contribution is 9.10. The van der Waals surface area contributed by atoms with Crippen LogP contribution in [0.1, 0.15) is 27.0 Å². The molecular weight excluding hydrogens is 450 g/mol. The summed E-state index contributed by atoms with van der Waals surface area (Å²) in [5.74, 6) is -0.0807. The minimum absolute atomic E-state index is 0.0807. The Hall–Kier alpha value is -2.47. The molecule has 4 rings (SSSR count). The molecule has 31 heavy (non-hydrogen) atoms. The van der Waals surface area contributed by atoms with Gasteiger partial charge in [0.2, 0.25) is 0 Å². The lowest BCUT2D eigenvalue weighted by molar-refractivity contribution is 0.102. The number of aryl methyl sites for hydroxylation is 1. The first-order chi connectivity index (χ1) is 15.1. The van der Waals surface area contributed by atoms with E-state index in [-0.39, 0.29) is 5.91 Å². The summed E-state index contributed by atoms with van der Waals surface area (Å²) in [5, 5.41) is 2.98. The van der Waals surface area contributed by atoms with Gasteiger partial charge < -0.3 is 5.32 Å². The average Bonchev–Trinajstić information content (AvgIpc) is 2.79. The van der Waals surface area contributed by atoms with Gasteiger partial charge in [-0.25, -0.2) is 0 Å². The average molecular weight is 478 g/mol. The molecule has 0 radical (unpaired) electrons. The zero-order chi connectivity index (χ0) is 21.6. The predicted octanol–water partition coefficient (Wildman–Crippen LogP) is 5.33. The van der Waals surface area contributed by atoms with Crippen LogP contribution in [0.15, 0.2) is 77.3 Å². The molecular formula is C26H28BrN3O. The van der Waals surface area contributed by atoms with Crippen molar-refractivity contribution in [2.75, 3.05) is 31.5 Å². The van der Waals surface area contributed by atoms with E-state index in [9.17, 15) is 4.79 Å².